The number of urea groups is 1. The summed E-state index contributed by atoms with van der Waals surface area (Å²) < 4.78 is 5.13. The van der Waals surface area contributed by atoms with Crippen LogP contribution in [-0.2, 0) is 22.5 Å². The number of nitrogens with one attached hydrogen (secondary N) is 3. The molecular weight excluding hydrogens is 382 g/mol. The number of amides is 3. The molecule has 0 heterocycles. The first-order chi connectivity index (χ1) is 14.3. The molecule has 0 aliphatic carbocycles. The van der Waals surface area contributed by atoms with Gasteiger partial charge in [-0.25, -0.2) is 9.59 Å². The van der Waals surface area contributed by atoms with Crippen molar-refractivity contribution < 1.29 is 19.1 Å². The van der Waals surface area contributed by atoms with Crippen LogP contribution in [0.1, 0.15) is 47.8 Å². The van der Waals surface area contributed by atoms with Gasteiger partial charge < -0.3 is 20.7 Å². The maximum absolute atomic E-state index is 12.2. The van der Waals surface area contributed by atoms with E-state index in [0.717, 1.165) is 28.8 Å². The molecule has 3 N–H and O–H groups in total. The third kappa shape index (κ3) is 6.92. The number of carbonyl (C=O) groups is 3. The molecule has 0 unspecified atom stereocenters. The predicted octanol–water partition coefficient (Wildman–Crippen LogP) is 3.56. The van der Waals surface area contributed by atoms with Crippen molar-refractivity contribution >= 4 is 23.6 Å². The molecule has 0 aromatic heterocycles. The van der Waals surface area contributed by atoms with E-state index >= 15 is 0 Å². The fourth-order valence-electron chi connectivity index (χ4n) is 2.85. The summed E-state index contributed by atoms with van der Waals surface area (Å²) in [6.07, 6.45) is 0.789. The van der Waals surface area contributed by atoms with Gasteiger partial charge in [-0.2, -0.15) is 0 Å². The number of esters is 1. The molecule has 7 nitrogen and oxygen atoms in total. The van der Waals surface area contributed by atoms with Gasteiger partial charge in [-0.05, 0) is 56.0 Å². The van der Waals surface area contributed by atoms with E-state index in [0.29, 0.717) is 12.1 Å². The molecule has 0 bridgehead atoms. The van der Waals surface area contributed by atoms with Gasteiger partial charge in [0.05, 0.1) is 5.56 Å². The monoisotopic (exact) mass is 411 g/mol. The van der Waals surface area contributed by atoms with Crippen LogP contribution in [0.4, 0.5) is 10.5 Å². The molecule has 0 spiro atoms. The molecule has 3 amide bonds. The molecule has 0 saturated heterocycles. The zero-order chi connectivity index (χ0) is 22.1. The highest BCUT2D eigenvalue weighted by molar-refractivity contribution is 5.96. The summed E-state index contributed by atoms with van der Waals surface area (Å²) in [7, 11) is 0. The number of rotatable bonds is 8. The van der Waals surface area contributed by atoms with Gasteiger partial charge in [0.25, 0.3) is 5.91 Å². The average molecular weight is 412 g/mol. The molecule has 0 atom stereocenters. The molecule has 160 valence electrons. The largest absolute Gasteiger partial charge is 0.452 e. The molecule has 30 heavy (non-hydrogen) atoms. The van der Waals surface area contributed by atoms with Gasteiger partial charge in [0.1, 0.15) is 0 Å². The molecule has 0 fully saturated rings. The van der Waals surface area contributed by atoms with Crippen molar-refractivity contribution in [3.05, 3.63) is 64.7 Å². The van der Waals surface area contributed by atoms with E-state index in [9.17, 15) is 14.4 Å². The van der Waals surface area contributed by atoms with Crippen molar-refractivity contribution in [1.29, 1.82) is 0 Å². The maximum atomic E-state index is 12.2. The minimum atomic E-state index is -0.581. The van der Waals surface area contributed by atoms with Gasteiger partial charge in [0, 0.05) is 18.3 Å². The first kappa shape index (κ1) is 22.9. The zero-order valence-electron chi connectivity index (χ0n) is 17.9. The highest BCUT2D eigenvalue weighted by Crippen LogP contribution is 2.21. The number of carbonyl (C=O) groups excluding carboxylic acids is 3. The first-order valence-electron chi connectivity index (χ1n) is 9.99. The van der Waals surface area contributed by atoms with E-state index in [1.807, 2.05) is 45.9 Å². The molecule has 2 aromatic rings. The zero-order valence-corrected chi connectivity index (χ0v) is 17.9. The summed E-state index contributed by atoms with van der Waals surface area (Å²) in [6.45, 7) is 7.67. The number of anilines is 1. The topological polar surface area (TPSA) is 96.5 Å². The van der Waals surface area contributed by atoms with Crippen molar-refractivity contribution in [3.63, 3.8) is 0 Å². The van der Waals surface area contributed by atoms with Crippen LogP contribution >= 0.6 is 0 Å². The van der Waals surface area contributed by atoms with Gasteiger partial charge in [0.15, 0.2) is 6.61 Å². The van der Waals surface area contributed by atoms with Gasteiger partial charge in [0.2, 0.25) is 0 Å². The molecule has 0 radical (unpaired) electrons. The van der Waals surface area contributed by atoms with Crippen LogP contribution in [0.3, 0.4) is 0 Å². The molecule has 0 aliphatic rings. The van der Waals surface area contributed by atoms with E-state index in [1.165, 1.54) is 0 Å². The van der Waals surface area contributed by atoms with Crippen LogP contribution in [0, 0.1) is 6.92 Å². The van der Waals surface area contributed by atoms with Crippen molar-refractivity contribution in [3.8, 4) is 0 Å². The summed E-state index contributed by atoms with van der Waals surface area (Å²) >= 11 is 0. The van der Waals surface area contributed by atoms with E-state index < -0.39 is 5.97 Å². The minimum Gasteiger partial charge on any atom is -0.452 e. The van der Waals surface area contributed by atoms with Gasteiger partial charge >= 0.3 is 12.0 Å². The van der Waals surface area contributed by atoms with Crippen molar-refractivity contribution in [2.45, 2.75) is 46.7 Å². The molecular formula is C23H29N3O4. The number of hydrogen-bond acceptors (Lipinski definition) is 4. The van der Waals surface area contributed by atoms with Crippen LogP contribution in [0.25, 0.3) is 0 Å². The Kier molecular flexibility index (Phi) is 8.41. The second kappa shape index (κ2) is 11.0. The van der Waals surface area contributed by atoms with Crippen LogP contribution in [0.15, 0.2) is 42.5 Å². The number of para-hydroxylation sites is 1. The van der Waals surface area contributed by atoms with Crippen LogP contribution < -0.4 is 16.0 Å². The number of ether oxygens (including phenoxy) is 1. The smallest absolute Gasteiger partial charge is 0.338 e. The van der Waals surface area contributed by atoms with E-state index in [1.54, 1.807) is 24.3 Å². The highest BCUT2D eigenvalue weighted by atomic mass is 16.5. The standard InChI is InChI=1S/C23H29N3O4/c1-5-18-8-6-7-16(4)21(18)26-20(27)14-30-22(28)19-11-9-17(10-12-19)13-24-23(29)25-15(2)3/h6-12,15H,5,13-14H2,1-4H3,(H,26,27)(H2,24,25,29). The Hall–Kier alpha value is -3.35. The number of hydrogen-bond donors (Lipinski definition) is 3. The quantitative estimate of drug-likeness (QED) is 0.579. The predicted molar refractivity (Wildman–Crippen MR) is 116 cm³/mol. The lowest BCUT2D eigenvalue weighted by molar-refractivity contribution is -0.119. The Labute approximate surface area is 177 Å². The summed E-state index contributed by atoms with van der Waals surface area (Å²) in [6, 6.07) is 12.3. The van der Waals surface area contributed by atoms with Crippen LogP contribution in [0.2, 0.25) is 0 Å². The fraction of sp³-hybridized carbons (Fsp3) is 0.348. The second-order valence-electron chi connectivity index (χ2n) is 7.27. The third-order valence-corrected chi connectivity index (χ3v) is 4.40. The molecule has 7 heteroatoms. The summed E-state index contributed by atoms with van der Waals surface area (Å²) in [5, 5.41) is 8.30. The fourth-order valence-corrected chi connectivity index (χ4v) is 2.85. The lowest BCUT2D eigenvalue weighted by Gasteiger charge is -2.13. The number of aryl methyl sites for hydroxylation is 2. The van der Waals surface area contributed by atoms with Crippen molar-refractivity contribution in [1.82, 2.24) is 10.6 Å². The van der Waals surface area contributed by atoms with Crippen LogP contribution in [-0.4, -0.2) is 30.6 Å². The van der Waals surface area contributed by atoms with E-state index in [4.69, 9.17) is 4.74 Å². The van der Waals surface area contributed by atoms with Gasteiger partial charge in [-0.3, -0.25) is 4.79 Å². The second-order valence-corrected chi connectivity index (χ2v) is 7.27. The van der Waals surface area contributed by atoms with Crippen molar-refractivity contribution in [2.24, 2.45) is 0 Å². The molecule has 0 aliphatic heterocycles. The lowest BCUT2D eigenvalue weighted by atomic mass is 10.1. The Bertz CT molecular complexity index is 892. The summed E-state index contributed by atoms with van der Waals surface area (Å²) in [5.74, 6) is -0.966. The Morgan fingerprint density at radius 1 is 1.03 bits per heavy atom. The van der Waals surface area contributed by atoms with Gasteiger partial charge in [-0.1, -0.05) is 37.3 Å². The first-order valence-corrected chi connectivity index (χ1v) is 9.99. The van der Waals surface area contributed by atoms with Crippen molar-refractivity contribution in [2.75, 3.05) is 11.9 Å². The van der Waals surface area contributed by atoms with E-state index in [-0.39, 0.29) is 24.6 Å². The molecule has 0 saturated carbocycles. The summed E-state index contributed by atoms with van der Waals surface area (Å²) in [5.41, 5.74) is 3.93. The maximum Gasteiger partial charge on any atom is 0.338 e. The average Bonchev–Trinajstić information content (AvgIpc) is 2.72. The third-order valence-electron chi connectivity index (χ3n) is 4.40. The Morgan fingerprint density at radius 2 is 1.73 bits per heavy atom. The highest BCUT2D eigenvalue weighted by Gasteiger charge is 2.13. The Balaban J connectivity index is 1.85. The molecule has 2 aromatic carbocycles. The van der Waals surface area contributed by atoms with Gasteiger partial charge in [-0.15, -0.1) is 0 Å². The van der Waals surface area contributed by atoms with Crippen LogP contribution in [0.5, 0.6) is 0 Å². The van der Waals surface area contributed by atoms with E-state index in [2.05, 4.69) is 16.0 Å². The normalized spacial score (nSPS) is 10.4. The lowest BCUT2D eigenvalue weighted by Crippen LogP contribution is -2.39. The summed E-state index contributed by atoms with van der Waals surface area (Å²) in [4.78, 5) is 36.0. The molecule has 2 rings (SSSR count). The Morgan fingerprint density at radius 3 is 2.37 bits per heavy atom. The minimum absolute atomic E-state index is 0.0544. The SMILES string of the molecule is CCc1cccc(C)c1NC(=O)COC(=O)c1ccc(CNC(=O)NC(C)C)cc1. The number of benzene rings is 2.